The Hall–Kier alpha value is -2.40. The van der Waals surface area contributed by atoms with Crippen LogP contribution in [-0.2, 0) is 9.59 Å². The minimum atomic E-state index is -1.19. The van der Waals surface area contributed by atoms with E-state index in [1.807, 2.05) is 42.5 Å². The van der Waals surface area contributed by atoms with Crippen LogP contribution < -0.4 is 15.7 Å². The second kappa shape index (κ2) is 10.7. The smallest absolute Gasteiger partial charge is 0.230 e. The van der Waals surface area contributed by atoms with E-state index >= 15 is 0 Å². The highest BCUT2D eigenvalue weighted by molar-refractivity contribution is 6.02. The number of nitrogens with two attached hydrogens (primary N) is 1. The molecule has 0 saturated heterocycles. The number of carbonyl (C=O) groups is 2. The van der Waals surface area contributed by atoms with Crippen LogP contribution in [-0.4, -0.2) is 24.5 Å². The Bertz CT molecular complexity index is 755. The van der Waals surface area contributed by atoms with Crippen LogP contribution in [0.3, 0.4) is 0 Å². The highest BCUT2D eigenvalue weighted by Crippen LogP contribution is 2.23. The minimum Gasteiger partial charge on any atom is -0.544 e. The van der Waals surface area contributed by atoms with Crippen molar-refractivity contribution in [3.63, 3.8) is 0 Å². The van der Waals surface area contributed by atoms with Gasteiger partial charge in [0, 0.05) is 17.0 Å². The molecule has 0 aromatic heterocycles. The molecule has 0 bridgehead atoms. The Balaban J connectivity index is 1.97. The van der Waals surface area contributed by atoms with Gasteiger partial charge in [0.1, 0.15) is 6.04 Å². The highest BCUT2D eigenvalue weighted by Gasteiger charge is 2.20. The summed E-state index contributed by atoms with van der Waals surface area (Å²) in [6.07, 6.45) is 4.28. The number of carbonyl (C=O) groups excluding carboxylic acids is 2. The van der Waals surface area contributed by atoms with Gasteiger partial charge in [0.2, 0.25) is 5.91 Å². The number of hydrogen-bond acceptors (Lipinski definition) is 3. The van der Waals surface area contributed by atoms with E-state index in [-0.39, 0.29) is 12.3 Å². The van der Waals surface area contributed by atoms with Crippen molar-refractivity contribution >= 4 is 28.3 Å². The summed E-state index contributed by atoms with van der Waals surface area (Å²) in [5.41, 5.74) is 0.699. The molecule has 0 saturated carbocycles. The van der Waals surface area contributed by atoms with Gasteiger partial charge in [0.05, 0.1) is 18.9 Å². The van der Waals surface area contributed by atoms with Crippen molar-refractivity contribution in [1.29, 1.82) is 0 Å². The third-order valence-corrected chi connectivity index (χ3v) is 5.07. The molecule has 5 nitrogen and oxygen atoms in total. The van der Waals surface area contributed by atoms with Crippen LogP contribution >= 0.6 is 0 Å². The Morgan fingerprint density at radius 3 is 2.56 bits per heavy atom. The molecule has 0 unspecified atom stereocenters. The maximum absolute atomic E-state index is 12.4. The standard InChI is InChI=1S/C22H30N2O3/c1-3-5-9-16(4-2)15-23-20(22(26)27)14-21(25)24-19-13-8-11-17-10-6-7-12-18(17)19/h6-8,10-13,16,20,23H,3-5,9,14-15H2,1-2H3,(H,24,25)(H,26,27)/t16-,20+/m0/s1. The van der Waals surface area contributed by atoms with Gasteiger partial charge in [-0.3, -0.25) is 4.79 Å². The molecule has 0 fully saturated rings. The van der Waals surface area contributed by atoms with E-state index < -0.39 is 12.0 Å². The van der Waals surface area contributed by atoms with Crippen LogP contribution in [0.1, 0.15) is 46.0 Å². The average molecular weight is 370 g/mol. The topological polar surface area (TPSA) is 85.8 Å². The molecule has 2 rings (SSSR count). The van der Waals surface area contributed by atoms with Crippen LogP contribution in [0.2, 0.25) is 0 Å². The molecule has 0 spiro atoms. The second-order valence-electron chi connectivity index (χ2n) is 7.09. The van der Waals surface area contributed by atoms with Crippen molar-refractivity contribution < 1.29 is 20.0 Å². The zero-order valence-electron chi connectivity index (χ0n) is 16.2. The number of carboxylic acids is 1. The monoisotopic (exact) mass is 370 g/mol. The molecular formula is C22H30N2O3. The van der Waals surface area contributed by atoms with Crippen LogP contribution in [0.25, 0.3) is 10.8 Å². The number of nitrogens with one attached hydrogen (secondary N) is 1. The van der Waals surface area contributed by atoms with Crippen molar-refractivity contribution in [3.05, 3.63) is 42.5 Å². The van der Waals surface area contributed by atoms with E-state index in [9.17, 15) is 14.7 Å². The van der Waals surface area contributed by atoms with Crippen LogP contribution in [0.15, 0.2) is 42.5 Å². The van der Waals surface area contributed by atoms with Gasteiger partial charge in [-0.15, -0.1) is 0 Å². The Kier molecular flexibility index (Phi) is 8.27. The number of anilines is 1. The molecule has 0 aliphatic heterocycles. The van der Waals surface area contributed by atoms with Gasteiger partial charge in [-0.25, -0.2) is 0 Å². The third-order valence-electron chi connectivity index (χ3n) is 5.07. The number of hydrogen-bond donors (Lipinski definition) is 2. The number of benzene rings is 2. The van der Waals surface area contributed by atoms with E-state index in [1.54, 1.807) is 5.32 Å². The van der Waals surface area contributed by atoms with E-state index in [0.29, 0.717) is 18.2 Å². The van der Waals surface area contributed by atoms with Crippen LogP contribution in [0.5, 0.6) is 0 Å². The molecule has 0 aliphatic rings. The molecule has 2 aromatic rings. The van der Waals surface area contributed by atoms with Crippen molar-refractivity contribution in [1.82, 2.24) is 0 Å². The zero-order valence-corrected chi connectivity index (χ0v) is 16.2. The summed E-state index contributed by atoms with van der Waals surface area (Å²) in [4.78, 5) is 23.9. The van der Waals surface area contributed by atoms with Gasteiger partial charge in [0.15, 0.2) is 0 Å². The van der Waals surface area contributed by atoms with E-state index in [2.05, 4.69) is 19.2 Å². The Morgan fingerprint density at radius 2 is 1.85 bits per heavy atom. The van der Waals surface area contributed by atoms with Gasteiger partial charge in [-0.05, 0) is 24.3 Å². The van der Waals surface area contributed by atoms with Crippen molar-refractivity contribution in [3.8, 4) is 0 Å². The number of unbranched alkanes of at least 4 members (excludes halogenated alkanes) is 1. The molecule has 0 radical (unpaired) electrons. The maximum Gasteiger partial charge on any atom is 0.230 e. The fourth-order valence-corrected chi connectivity index (χ4v) is 3.34. The normalized spacial score (nSPS) is 13.3. The van der Waals surface area contributed by atoms with Gasteiger partial charge in [-0.1, -0.05) is 63.1 Å². The SMILES string of the molecule is CCCC[C@H](CC)C[NH2+][C@H](CC(=O)Nc1cccc2ccccc12)C(=O)[O-]. The van der Waals surface area contributed by atoms with E-state index in [1.165, 1.54) is 0 Å². The molecule has 1 amide bonds. The summed E-state index contributed by atoms with van der Waals surface area (Å²) in [5, 5.41) is 18.1. The summed E-state index contributed by atoms with van der Waals surface area (Å²) in [5.74, 6) is -1.03. The Morgan fingerprint density at radius 1 is 1.11 bits per heavy atom. The fraction of sp³-hybridized carbons (Fsp3) is 0.455. The third kappa shape index (κ3) is 6.36. The van der Waals surface area contributed by atoms with Crippen LogP contribution in [0, 0.1) is 5.92 Å². The molecule has 2 atom stereocenters. The first-order chi connectivity index (χ1) is 13.0. The number of amides is 1. The second-order valence-corrected chi connectivity index (χ2v) is 7.09. The maximum atomic E-state index is 12.4. The highest BCUT2D eigenvalue weighted by atomic mass is 16.4. The quantitative estimate of drug-likeness (QED) is 0.635. The predicted molar refractivity (Wildman–Crippen MR) is 106 cm³/mol. The zero-order chi connectivity index (χ0) is 19.6. The largest absolute Gasteiger partial charge is 0.544 e. The molecule has 0 aliphatic carbocycles. The first-order valence-corrected chi connectivity index (χ1v) is 9.86. The molecule has 146 valence electrons. The molecule has 0 heterocycles. The summed E-state index contributed by atoms with van der Waals surface area (Å²) in [7, 11) is 0. The lowest BCUT2D eigenvalue weighted by atomic mass is 9.99. The fourth-order valence-electron chi connectivity index (χ4n) is 3.34. The predicted octanol–water partition coefficient (Wildman–Crippen LogP) is 2.07. The minimum absolute atomic E-state index is 0.101. The molecule has 5 heteroatoms. The van der Waals surface area contributed by atoms with Gasteiger partial charge in [0.25, 0.3) is 0 Å². The average Bonchev–Trinajstić information content (AvgIpc) is 2.67. The lowest BCUT2D eigenvalue weighted by molar-refractivity contribution is -0.687. The van der Waals surface area contributed by atoms with Crippen molar-refractivity contribution in [2.75, 3.05) is 11.9 Å². The van der Waals surface area contributed by atoms with Crippen molar-refractivity contribution in [2.24, 2.45) is 5.92 Å². The first-order valence-electron chi connectivity index (χ1n) is 9.86. The van der Waals surface area contributed by atoms with E-state index in [4.69, 9.17) is 0 Å². The summed E-state index contributed by atoms with van der Waals surface area (Å²) >= 11 is 0. The van der Waals surface area contributed by atoms with Crippen LogP contribution in [0.4, 0.5) is 5.69 Å². The molecule has 3 N–H and O–H groups in total. The number of fused-ring (bicyclic) bond motifs is 1. The van der Waals surface area contributed by atoms with Gasteiger partial charge < -0.3 is 20.5 Å². The van der Waals surface area contributed by atoms with Gasteiger partial charge >= 0.3 is 0 Å². The van der Waals surface area contributed by atoms with Crippen molar-refractivity contribution in [2.45, 2.75) is 52.0 Å². The Labute approximate surface area is 161 Å². The number of carboxylic acid groups (broad SMARTS) is 1. The number of rotatable bonds is 11. The van der Waals surface area contributed by atoms with E-state index in [0.717, 1.165) is 36.5 Å². The number of quaternary nitrogens is 1. The first kappa shape index (κ1) is 20.9. The lowest BCUT2D eigenvalue weighted by Crippen LogP contribution is -2.94. The van der Waals surface area contributed by atoms with Gasteiger partial charge in [-0.2, -0.15) is 0 Å². The molecule has 27 heavy (non-hydrogen) atoms. The number of aliphatic carboxylic acids is 1. The summed E-state index contributed by atoms with van der Waals surface area (Å²) < 4.78 is 0. The summed E-state index contributed by atoms with van der Waals surface area (Å²) in [6, 6.07) is 12.6. The molecular weight excluding hydrogens is 340 g/mol. The lowest BCUT2D eigenvalue weighted by Gasteiger charge is -2.20. The molecule has 2 aromatic carbocycles. The summed E-state index contributed by atoms with van der Waals surface area (Å²) in [6.45, 7) is 4.98.